The zero-order chi connectivity index (χ0) is 8.72. The van der Waals surface area contributed by atoms with E-state index in [9.17, 15) is 4.79 Å². The van der Waals surface area contributed by atoms with Crippen LogP contribution < -0.4 is 0 Å². The zero-order valence-electron chi connectivity index (χ0n) is 6.94. The van der Waals surface area contributed by atoms with Gasteiger partial charge in [0.15, 0.2) is 0 Å². The molecule has 0 heterocycles. The molecule has 3 heteroatoms. The van der Waals surface area contributed by atoms with Crippen molar-refractivity contribution in [2.45, 2.75) is 19.3 Å². The molecule has 2 aliphatic rings. The van der Waals surface area contributed by atoms with Gasteiger partial charge in [0.25, 0.3) is 0 Å². The van der Waals surface area contributed by atoms with E-state index in [0.29, 0.717) is 11.8 Å². The van der Waals surface area contributed by atoms with Gasteiger partial charge in [-0.15, -0.1) is 0 Å². The van der Waals surface area contributed by atoms with Gasteiger partial charge in [-0.3, -0.25) is 4.79 Å². The molecule has 0 aromatic heterocycles. The van der Waals surface area contributed by atoms with Crippen LogP contribution in [0.4, 0.5) is 0 Å². The fourth-order valence-electron chi connectivity index (χ4n) is 3.06. The van der Waals surface area contributed by atoms with Crippen LogP contribution in [0.5, 0.6) is 0 Å². The number of fused-ring (bicyclic) bond motifs is 2. The standard InChI is InChI=1S/C9H14O3/c10-4-7-5-1-2-6(3-5)8(7)9(11)12/h5-8,10H,1-4H2,(H,11,12)/t5?,6?,7-,8+/m1/s1. The molecule has 2 N–H and O–H groups in total. The van der Waals surface area contributed by atoms with Gasteiger partial charge < -0.3 is 10.2 Å². The monoisotopic (exact) mass is 170 g/mol. The maximum absolute atomic E-state index is 10.8. The third-order valence-corrected chi connectivity index (χ3v) is 3.58. The molecule has 0 aromatic carbocycles. The minimum Gasteiger partial charge on any atom is -0.481 e. The van der Waals surface area contributed by atoms with Crippen LogP contribution in [0.1, 0.15) is 19.3 Å². The van der Waals surface area contributed by atoms with E-state index in [0.717, 1.165) is 19.3 Å². The van der Waals surface area contributed by atoms with E-state index in [4.69, 9.17) is 10.2 Å². The van der Waals surface area contributed by atoms with Crippen LogP contribution in [0, 0.1) is 23.7 Å². The van der Waals surface area contributed by atoms with E-state index < -0.39 is 5.97 Å². The molecule has 0 aliphatic heterocycles. The van der Waals surface area contributed by atoms with Crippen molar-refractivity contribution in [1.29, 1.82) is 0 Å². The number of aliphatic hydroxyl groups is 1. The van der Waals surface area contributed by atoms with Crippen LogP contribution in [0.2, 0.25) is 0 Å². The molecule has 0 radical (unpaired) electrons. The smallest absolute Gasteiger partial charge is 0.307 e. The van der Waals surface area contributed by atoms with Gasteiger partial charge >= 0.3 is 5.97 Å². The largest absolute Gasteiger partial charge is 0.481 e. The second kappa shape index (κ2) is 2.73. The lowest BCUT2D eigenvalue weighted by molar-refractivity contribution is -0.146. The Bertz CT molecular complexity index is 202. The highest BCUT2D eigenvalue weighted by Gasteiger charge is 2.50. The molecule has 2 bridgehead atoms. The van der Waals surface area contributed by atoms with Gasteiger partial charge in [0, 0.05) is 6.61 Å². The molecule has 0 spiro atoms. The third kappa shape index (κ3) is 0.959. The fraction of sp³-hybridized carbons (Fsp3) is 0.889. The predicted molar refractivity (Wildman–Crippen MR) is 42.5 cm³/mol. The summed E-state index contributed by atoms with van der Waals surface area (Å²) in [4.78, 5) is 10.8. The van der Waals surface area contributed by atoms with Crippen LogP contribution in [0.25, 0.3) is 0 Å². The minimum atomic E-state index is -0.707. The molecule has 2 unspecified atom stereocenters. The third-order valence-electron chi connectivity index (χ3n) is 3.58. The first-order chi connectivity index (χ1) is 5.74. The molecule has 2 fully saturated rings. The lowest BCUT2D eigenvalue weighted by Gasteiger charge is -2.25. The molecule has 4 atom stereocenters. The summed E-state index contributed by atoms with van der Waals surface area (Å²) in [6.07, 6.45) is 3.21. The Morgan fingerprint density at radius 2 is 2.00 bits per heavy atom. The van der Waals surface area contributed by atoms with Crippen LogP contribution in [-0.4, -0.2) is 22.8 Å². The van der Waals surface area contributed by atoms with E-state index in [-0.39, 0.29) is 18.4 Å². The van der Waals surface area contributed by atoms with E-state index in [1.165, 1.54) is 0 Å². The number of carbonyl (C=O) groups is 1. The maximum atomic E-state index is 10.8. The van der Waals surface area contributed by atoms with Crippen molar-refractivity contribution in [2.75, 3.05) is 6.61 Å². The van der Waals surface area contributed by atoms with Crippen molar-refractivity contribution in [3.63, 3.8) is 0 Å². The van der Waals surface area contributed by atoms with Gasteiger partial charge in [-0.1, -0.05) is 0 Å². The first kappa shape index (κ1) is 8.05. The number of aliphatic carboxylic acids is 1. The highest BCUT2D eigenvalue weighted by molar-refractivity contribution is 5.71. The Morgan fingerprint density at radius 1 is 1.33 bits per heavy atom. The molecule has 0 aromatic rings. The van der Waals surface area contributed by atoms with Crippen molar-refractivity contribution in [3.8, 4) is 0 Å². The first-order valence-electron chi connectivity index (χ1n) is 4.57. The van der Waals surface area contributed by atoms with Gasteiger partial charge in [-0.2, -0.15) is 0 Å². The van der Waals surface area contributed by atoms with E-state index in [1.54, 1.807) is 0 Å². The summed E-state index contributed by atoms with van der Waals surface area (Å²) in [6.45, 7) is 0.0537. The Labute approximate surface area is 71.4 Å². The average molecular weight is 170 g/mol. The second-order valence-electron chi connectivity index (χ2n) is 4.04. The Kier molecular flexibility index (Phi) is 1.83. The normalized spacial score (nSPS) is 45.1. The number of rotatable bonds is 2. The van der Waals surface area contributed by atoms with Gasteiger partial charge in [-0.05, 0) is 37.0 Å². The molecule has 0 saturated heterocycles. The van der Waals surface area contributed by atoms with Gasteiger partial charge in [0.2, 0.25) is 0 Å². The molecular weight excluding hydrogens is 156 g/mol. The topological polar surface area (TPSA) is 57.5 Å². The summed E-state index contributed by atoms with van der Waals surface area (Å²) in [5, 5.41) is 18.0. The van der Waals surface area contributed by atoms with Crippen molar-refractivity contribution in [3.05, 3.63) is 0 Å². The SMILES string of the molecule is O=C(O)[C@H]1C2CCC(C2)[C@H]1CO. The van der Waals surface area contributed by atoms with Crippen LogP contribution in [0.3, 0.4) is 0 Å². The molecule has 68 valence electrons. The Morgan fingerprint density at radius 3 is 2.50 bits per heavy atom. The summed E-state index contributed by atoms with van der Waals surface area (Å²) in [7, 11) is 0. The van der Waals surface area contributed by atoms with Crippen molar-refractivity contribution in [2.24, 2.45) is 23.7 Å². The lowest BCUT2D eigenvalue weighted by Crippen LogP contribution is -2.31. The molecule has 2 saturated carbocycles. The molecule has 2 aliphatic carbocycles. The second-order valence-corrected chi connectivity index (χ2v) is 4.04. The number of carboxylic acids is 1. The summed E-state index contributed by atoms with van der Waals surface area (Å²) in [5.41, 5.74) is 0. The van der Waals surface area contributed by atoms with Gasteiger partial charge in [0.05, 0.1) is 5.92 Å². The quantitative estimate of drug-likeness (QED) is 0.642. The fourth-order valence-corrected chi connectivity index (χ4v) is 3.06. The highest BCUT2D eigenvalue weighted by Crippen LogP contribution is 2.52. The van der Waals surface area contributed by atoms with Gasteiger partial charge in [0.1, 0.15) is 0 Å². The zero-order valence-corrected chi connectivity index (χ0v) is 6.94. The lowest BCUT2D eigenvalue weighted by atomic mass is 9.80. The maximum Gasteiger partial charge on any atom is 0.307 e. The Balaban J connectivity index is 2.16. The number of hydrogen-bond acceptors (Lipinski definition) is 2. The van der Waals surface area contributed by atoms with Crippen LogP contribution in [0.15, 0.2) is 0 Å². The molecule has 2 rings (SSSR count). The predicted octanol–water partition coefficient (Wildman–Crippen LogP) is 0.726. The van der Waals surface area contributed by atoms with E-state index >= 15 is 0 Å². The average Bonchev–Trinajstić information content (AvgIpc) is 2.60. The van der Waals surface area contributed by atoms with Crippen molar-refractivity contribution < 1.29 is 15.0 Å². The van der Waals surface area contributed by atoms with E-state index in [1.807, 2.05) is 0 Å². The highest BCUT2D eigenvalue weighted by atomic mass is 16.4. The van der Waals surface area contributed by atoms with Gasteiger partial charge in [-0.25, -0.2) is 0 Å². The first-order valence-corrected chi connectivity index (χ1v) is 4.57. The number of carboxylic acid groups (broad SMARTS) is 1. The van der Waals surface area contributed by atoms with Crippen molar-refractivity contribution >= 4 is 5.97 Å². The number of aliphatic hydroxyl groups excluding tert-OH is 1. The molecule has 0 amide bonds. The molecular formula is C9H14O3. The Hall–Kier alpha value is -0.570. The molecule has 3 nitrogen and oxygen atoms in total. The summed E-state index contributed by atoms with van der Waals surface area (Å²) in [6, 6.07) is 0. The summed E-state index contributed by atoms with van der Waals surface area (Å²) in [5.74, 6) is -0.0815. The van der Waals surface area contributed by atoms with Crippen LogP contribution in [-0.2, 0) is 4.79 Å². The summed E-state index contributed by atoms with van der Waals surface area (Å²) >= 11 is 0. The van der Waals surface area contributed by atoms with E-state index in [2.05, 4.69) is 0 Å². The minimum absolute atomic E-state index is 0.0428. The molecule has 12 heavy (non-hydrogen) atoms. The van der Waals surface area contributed by atoms with Crippen molar-refractivity contribution in [1.82, 2.24) is 0 Å². The number of hydrogen-bond donors (Lipinski definition) is 2. The summed E-state index contributed by atoms with van der Waals surface area (Å²) < 4.78 is 0. The van der Waals surface area contributed by atoms with Crippen LogP contribution >= 0.6 is 0 Å².